The predicted molar refractivity (Wildman–Crippen MR) is 64.0 cm³/mol. The molecule has 6 heteroatoms. The average Bonchev–Trinajstić information content (AvgIpc) is 2.39. The van der Waals surface area contributed by atoms with E-state index in [4.69, 9.17) is 0 Å². The van der Waals surface area contributed by atoms with E-state index in [-0.39, 0.29) is 0 Å². The van der Waals surface area contributed by atoms with Crippen molar-refractivity contribution in [2.75, 3.05) is 0 Å². The van der Waals surface area contributed by atoms with Crippen LogP contribution in [0.25, 0.3) is 0 Å². The highest BCUT2D eigenvalue weighted by molar-refractivity contribution is 5.24. The van der Waals surface area contributed by atoms with E-state index in [9.17, 15) is 13.2 Å². The molecule has 19 heavy (non-hydrogen) atoms. The Labute approximate surface area is 108 Å². The van der Waals surface area contributed by atoms with Crippen LogP contribution >= 0.6 is 0 Å². The lowest BCUT2D eigenvalue weighted by Gasteiger charge is -2.08. The first-order chi connectivity index (χ1) is 9.05. The summed E-state index contributed by atoms with van der Waals surface area (Å²) in [6.07, 6.45) is -2.70. The Morgan fingerprint density at radius 2 is 1.74 bits per heavy atom. The third-order valence-corrected chi connectivity index (χ3v) is 2.54. The monoisotopic (exact) mass is 267 g/mol. The van der Waals surface area contributed by atoms with Crippen LogP contribution in [0.1, 0.15) is 16.8 Å². The fourth-order valence-corrected chi connectivity index (χ4v) is 1.57. The van der Waals surface area contributed by atoms with Crippen LogP contribution in [-0.2, 0) is 19.3 Å². The van der Waals surface area contributed by atoms with Crippen LogP contribution < -0.4 is 5.32 Å². The van der Waals surface area contributed by atoms with E-state index < -0.39 is 11.7 Å². The molecule has 0 atom stereocenters. The maximum Gasteiger partial charge on any atom is 0.416 e. The molecular formula is C13H12F3N3. The minimum atomic E-state index is -4.29. The molecule has 1 aromatic carbocycles. The standard InChI is InChI=1S/C13H12F3N3/c14-13(15,16)11-5-3-10(4-6-11)8-17-9-12-2-1-7-18-19-12/h1-7,17H,8-9H2. The SMILES string of the molecule is FC(F)(F)c1ccc(CNCc2cccnn2)cc1. The maximum absolute atomic E-state index is 12.4. The maximum atomic E-state index is 12.4. The first kappa shape index (κ1) is 13.5. The molecule has 0 aliphatic heterocycles. The number of alkyl halides is 3. The van der Waals surface area contributed by atoms with Crippen molar-refractivity contribution >= 4 is 0 Å². The first-order valence-electron chi connectivity index (χ1n) is 5.69. The molecule has 0 aliphatic rings. The molecule has 0 amide bonds. The van der Waals surface area contributed by atoms with Crippen molar-refractivity contribution in [1.29, 1.82) is 0 Å². The summed E-state index contributed by atoms with van der Waals surface area (Å²) in [4.78, 5) is 0. The molecule has 3 nitrogen and oxygen atoms in total. The van der Waals surface area contributed by atoms with Gasteiger partial charge in [0.2, 0.25) is 0 Å². The van der Waals surface area contributed by atoms with Crippen LogP contribution in [0.4, 0.5) is 13.2 Å². The predicted octanol–water partition coefficient (Wildman–Crippen LogP) is 2.79. The summed E-state index contributed by atoms with van der Waals surface area (Å²) < 4.78 is 37.1. The fraction of sp³-hybridized carbons (Fsp3) is 0.231. The van der Waals surface area contributed by atoms with E-state index in [1.54, 1.807) is 12.3 Å². The molecule has 0 bridgehead atoms. The summed E-state index contributed by atoms with van der Waals surface area (Å²) in [6.45, 7) is 1.00. The van der Waals surface area contributed by atoms with Gasteiger partial charge >= 0.3 is 6.18 Å². The van der Waals surface area contributed by atoms with Gasteiger partial charge < -0.3 is 5.32 Å². The third kappa shape index (κ3) is 4.03. The smallest absolute Gasteiger partial charge is 0.307 e. The van der Waals surface area contributed by atoms with Crippen LogP contribution in [-0.4, -0.2) is 10.2 Å². The van der Waals surface area contributed by atoms with Crippen LogP contribution in [0.5, 0.6) is 0 Å². The lowest BCUT2D eigenvalue weighted by molar-refractivity contribution is -0.137. The number of halogens is 3. The van der Waals surface area contributed by atoms with E-state index in [0.717, 1.165) is 23.4 Å². The number of rotatable bonds is 4. The minimum absolute atomic E-state index is 0.481. The molecular weight excluding hydrogens is 255 g/mol. The second-order valence-electron chi connectivity index (χ2n) is 4.01. The molecule has 0 fully saturated rings. The molecule has 2 aromatic rings. The largest absolute Gasteiger partial charge is 0.416 e. The van der Waals surface area contributed by atoms with Gasteiger partial charge in [0.05, 0.1) is 11.3 Å². The summed E-state index contributed by atoms with van der Waals surface area (Å²) in [6, 6.07) is 8.70. The molecule has 1 aromatic heterocycles. The highest BCUT2D eigenvalue weighted by Crippen LogP contribution is 2.28. The summed E-state index contributed by atoms with van der Waals surface area (Å²) in [5.41, 5.74) is 0.941. The van der Waals surface area contributed by atoms with Gasteiger partial charge in [-0.25, -0.2) is 0 Å². The van der Waals surface area contributed by atoms with E-state index in [2.05, 4.69) is 15.5 Å². The molecule has 0 saturated carbocycles. The van der Waals surface area contributed by atoms with Gasteiger partial charge in [-0.2, -0.15) is 23.4 Å². The lowest BCUT2D eigenvalue weighted by atomic mass is 10.1. The van der Waals surface area contributed by atoms with Gasteiger partial charge in [-0.3, -0.25) is 0 Å². The molecule has 1 N–H and O–H groups in total. The van der Waals surface area contributed by atoms with Crippen molar-refractivity contribution in [2.45, 2.75) is 19.3 Å². The number of nitrogens with zero attached hydrogens (tertiary/aromatic N) is 2. The van der Waals surface area contributed by atoms with Crippen molar-refractivity contribution in [2.24, 2.45) is 0 Å². The zero-order valence-electron chi connectivity index (χ0n) is 9.98. The van der Waals surface area contributed by atoms with Crippen molar-refractivity contribution in [3.8, 4) is 0 Å². The molecule has 0 saturated heterocycles. The summed E-state index contributed by atoms with van der Waals surface area (Å²) >= 11 is 0. The fourth-order valence-electron chi connectivity index (χ4n) is 1.57. The molecule has 0 aliphatic carbocycles. The van der Waals surface area contributed by atoms with Crippen molar-refractivity contribution in [3.63, 3.8) is 0 Å². The van der Waals surface area contributed by atoms with E-state index in [1.807, 2.05) is 6.07 Å². The van der Waals surface area contributed by atoms with Crippen LogP contribution in [0.2, 0.25) is 0 Å². The Balaban J connectivity index is 1.87. The highest BCUT2D eigenvalue weighted by atomic mass is 19.4. The number of hydrogen-bond acceptors (Lipinski definition) is 3. The first-order valence-corrected chi connectivity index (χ1v) is 5.69. The van der Waals surface area contributed by atoms with E-state index >= 15 is 0 Å². The third-order valence-electron chi connectivity index (χ3n) is 2.54. The Bertz CT molecular complexity index is 509. The van der Waals surface area contributed by atoms with Crippen LogP contribution in [0, 0.1) is 0 Å². The van der Waals surface area contributed by atoms with Crippen molar-refractivity contribution in [1.82, 2.24) is 15.5 Å². The van der Waals surface area contributed by atoms with Gasteiger partial charge in [0.1, 0.15) is 0 Å². The Hall–Kier alpha value is -1.95. The van der Waals surface area contributed by atoms with Gasteiger partial charge in [0.25, 0.3) is 0 Å². The van der Waals surface area contributed by atoms with E-state index in [1.165, 1.54) is 12.1 Å². The summed E-state index contributed by atoms with van der Waals surface area (Å²) in [7, 11) is 0. The quantitative estimate of drug-likeness (QED) is 0.925. The molecule has 2 rings (SSSR count). The highest BCUT2D eigenvalue weighted by Gasteiger charge is 2.29. The van der Waals surface area contributed by atoms with Gasteiger partial charge in [-0.05, 0) is 29.8 Å². The zero-order chi connectivity index (χ0) is 13.7. The number of hydrogen-bond donors (Lipinski definition) is 1. The van der Waals surface area contributed by atoms with Gasteiger partial charge in [0, 0.05) is 19.3 Å². The molecule has 0 radical (unpaired) electrons. The molecule has 1 heterocycles. The molecule has 100 valence electrons. The van der Waals surface area contributed by atoms with Crippen LogP contribution in [0.3, 0.4) is 0 Å². The Morgan fingerprint density at radius 1 is 1.00 bits per heavy atom. The molecule has 0 unspecified atom stereocenters. The second-order valence-corrected chi connectivity index (χ2v) is 4.01. The van der Waals surface area contributed by atoms with Gasteiger partial charge in [0.15, 0.2) is 0 Å². The Morgan fingerprint density at radius 3 is 2.32 bits per heavy atom. The summed E-state index contributed by atoms with van der Waals surface area (Å²) in [5, 5.41) is 10.7. The van der Waals surface area contributed by atoms with Gasteiger partial charge in [-0.1, -0.05) is 12.1 Å². The lowest BCUT2D eigenvalue weighted by Crippen LogP contribution is -2.14. The molecule has 0 spiro atoms. The average molecular weight is 267 g/mol. The second kappa shape index (κ2) is 5.79. The van der Waals surface area contributed by atoms with Gasteiger partial charge in [-0.15, -0.1) is 0 Å². The summed E-state index contributed by atoms with van der Waals surface area (Å²) in [5.74, 6) is 0. The number of aromatic nitrogens is 2. The van der Waals surface area contributed by atoms with Crippen LogP contribution in [0.15, 0.2) is 42.6 Å². The Kier molecular flexibility index (Phi) is 4.11. The normalized spacial score (nSPS) is 11.5. The number of benzene rings is 1. The van der Waals surface area contributed by atoms with Crippen molar-refractivity contribution in [3.05, 3.63) is 59.4 Å². The minimum Gasteiger partial charge on any atom is -0.307 e. The zero-order valence-corrected chi connectivity index (χ0v) is 9.98. The topological polar surface area (TPSA) is 37.8 Å². The van der Waals surface area contributed by atoms with Crippen molar-refractivity contribution < 1.29 is 13.2 Å². The van der Waals surface area contributed by atoms with E-state index in [0.29, 0.717) is 13.1 Å². The number of nitrogens with one attached hydrogen (secondary N) is 1.